The Bertz CT molecular complexity index is 2350. The summed E-state index contributed by atoms with van der Waals surface area (Å²) in [5, 5.41) is 9.39. The Balaban J connectivity index is 0.779. The van der Waals surface area contributed by atoms with Crippen LogP contribution in [0.15, 0.2) is 60.8 Å². The summed E-state index contributed by atoms with van der Waals surface area (Å²) in [5.74, 6) is 1.46. The minimum Gasteiger partial charge on any atom is -0.474 e. The lowest BCUT2D eigenvalue weighted by Crippen LogP contribution is -2.47. The lowest BCUT2D eigenvalue weighted by Gasteiger charge is -2.42. The number of carbonyl (C=O) groups is 3. The van der Waals surface area contributed by atoms with Gasteiger partial charge in [-0.05, 0) is 145 Å². The number of rotatable bonds is 9. The van der Waals surface area contributed by atoms with Crippen molar-refractivity contribution >= 4 is 52.2 Å². The Morgan fingerprint density at radius 3 is 2.33 bits per heavy atom. The summed E-state index contributed by atoms with van der Waals surface area (Å²) >= 11 is 0. The summed E-state index contributed by atoms with van der Waals surface area (Å²) in [5.41, 5.74) is 10.1. The van der Waals surface area contributed by atoms with Gasteiger partial charge >= 0.3 is 6.09 Å². The number of carbonyl (C=O) groups excluding carboxylic acids is 3. The van der Waals surface area contributed by atoms with E-state index in [-0.39, 0.29) is 17.9 Å². The van der Waals surface area contributed by atoms with Crippen molar-refractivity contribution in [1.29, 1.82) is 0 Å². The molecule has 5 aliphatic rings. The number of aryl methyl sites for hydroxylation is 1. The first-order valence-electron chi connectivity index (χ1n) is 23.3. The monoisotopic (exact) mass is 869 g/mol. The highest BCUT2D eigenvalue weighted by Gasteiger charge is 2.34. The molecule has 14 heteroatoms. The van der Waals surface area contributed by atoms with Crippen LogP contribution in [-0.4, -0.2) is 96.3 Å². The fourth-order valence-corrected chi connectivity index (χ4v) is 10.1. The SMILES string of the molecule is CCc1cc2c(nc1Nc1ccc(N3CCC(N4CCC(c5ccc(NC6CCC(=O)NC6=O)cc5)CC4)CC3)cc1)CN(c1cnc3c(c1C)N(C(=O)OC(C)(C)C)CCO3)CC2. The molecule has 7 heterocycles. The number of piperidine rings is 3. The fourth-order valence-electron chi connectivity index (χ4n) is 10.1. The van der Waals surface area contributed by atoms with Crippen LogP contribution in [0.1, 0.15) is 100 Å². The number of aromatic nitrogens is 2. The van der Waals surface area contributed by atoms with Crippen molar-refractivity contribution in [3.05, 3.63) is 88.7 Å². The molecule has 0 bridgehead atoms. The van der Waals surface area contributed by atoms with E-state index >= 15 is 0 Å². The predicted molar refractivity (Wildman–Crippen MR) is 251 cm³/mol. The fraction of sp³-hybridized carbons (Fsp3) is 0.500. The molecule has 3 saturated heterocycles. The third-order valence-electron chi connectivity index (χ3n) is 13.6. The van der Waals surface area contributed by atoms with Gasteiger partial charge in [0.2, 0.25) is 17.7 Å². The lowest BCUT2D eigenvalue weighted by atomic mass is 9.88. The zero-order chi connectivity index (χ0) is 44.5. The molecular weight excluding hydrogens is 807 g/mol. The second-order valence-electron chi connectivity index (χ2n) is 19.0. The maximum atomic E-state index is 13.3. The molecular formula is C50H63N9O5. The van der Waals surface area contributed by atoms with Crippen LogP contribution in [0.5, 0.6) is 5.88 Å². The predicted octanol–water partition coefficient (Wildman–Crippen LogP) is 7.85. The zero-order valence-corrected chi connectivity index (χ0v) is 38.0. The van der Waals surface area contributed by atoms with E-state index in [0.29, 0.717) is 56.1 Å². The molecule has 14 nitrogen and oxygen atoms in total. The van der Waals surface area contributed by atoms with Gasteiger partial charge in [0.05, 0.1) is 30.7 Å². The Morgan fingerprint density at radius 2 is 1.62 bits per heavy atom. The number of hydrogen-bond acceptors (Lipinski definition) is 12. The quantitative estimate of drug-likeness (QED) is 0.141. The summed E-state index contributed by atoms with van der Waals surface area (Å²) in [7, 11) is 0. The molecule has 0 radical (unpaired) electrons. The number of nitrogens with one attached hydrogen (secondary N) is 3. The second-order valence-corrected chi connectivity index (χ2v) is 19.0. The Hall–Kier alpha value is -5.89. The third kappa shape index (κ3) is 9.47. The van der Waals surface area contributed by atoms with Crippen molar-refractivity contribution in [2.45, 2.75) is 116 Å². The van der Waals surface area contributed by atoms with E-state index in [9.17, 15) is 14.4 Å². The lowest BCUT2D eigenvalue weighted by molar-refractivity contribution is -0.133. The van der Waals surface area contributed by atoms with Gasteiger partial charge in [-0.2, -0.15) is 0 Å². The van der Waals surface area contributed by atoms with Crippen molar-refractivity contribution in [2.24, 2.45) is 0 Å². The molecule has 64 heavy (non-hydrogen) atoms. The van der Waals surface area contributed by atoms with E-state index in [1.54, 1.807) is 4.90 Å². The highest BCUT2D eigenvalue weighted by atomic mass is 16.6. The van der Waals surface area contributed by atoms with Crippen LogP contribution in [0.2, 0.25) is 0 Å². The second kappa shape index (κ2) is 18.3. The number of benzene rings is 2. The molecule has 3 N–H and O–H groups in total. The summed E-state index contributed by atoms with van der Waals surface area (Å²) < 4.78 is 11.7. The maximum absolute atomic E-state index is 13.3. The number of ether oxygens (including phenoxy) is 2. The summed E-state index contributed by atoms with van der Waals surface area (Å²) in [6.07, 6.45) is 8.76. The molecule has 0 spiro atoms. The van der Waals surface area contributed by atoms with Crippen molar-refractivity contribution in [3.63, 3.8) is 0 Å². The molecule has 1 atom stereocenters. The van der Waals surface area contributed by atoms with Crippen LogP contribution in [0, 0.1) is 6.92 Å². The smallest absolute Gasteiger partial charge is 0.415 e. The molecule has 9 rings (SSSR count). The molecule has 338 valence electrons. The van der Waals surface area contributed by atoms with Crippen LogP contribution < -0.4 is 35.4 Å². The van der Waals surface area contributed by atoms with Crippen molar-refractivity contribution in [2.75, 3.05) is 71.2 Å². The van der Waals surface area contributed by atoms with Gasteiger partial charge in [0, 0.05) is 54.7 Å². The number of hydrogen-bond donors (Lipinski definition) is 3. The van der Waals surface area contributed by atoms with E-state index < -0.39 is 11.7 Å². The number of pyridine rings is 2. The minimum absolute atomic E-state index is 0.194. The maximum Gasteiger partial charge on any atom is 0.415 e. The number of amides is 3. The average Bonchev–Trinajstić information content (AvgIpc) is 3.29. The van der Waals surface area contributed by atoms with Crippen molar-refractivity contribution < 1.29 is 23.9 Å². The van der Waals surface area contributed by atoms with Gasteiger partial charge in [0.25, 0.3) is 0 Å². The van der Waals surface area contributed by atoms with Gasteiger partial charge in [-0.1, -0.05) is 25.1 Å². The molecule has 5 aliphatic heterocycles. The summed E-state index contributed by atoms with van der Waals surface area (Å²) in [6.45, 7) is 16.4. The molecule has 2 aromatic heterocycles. The van der Waals surface area contributed by atoms with Gasteiger partial charge < -0.3 is 34.8 Å². The van der Waals surface area contributed by atoms with Gasteiger partial charge in [0.1, 0.15) is 29.8 Å². The molecule has 0 aliphatic carbocycles. The van der Waals surface area contributed by atoms with Gasteiger partial charge in [-0.3, -0.25) is 19.8 Å². The van der Waals surface area contributed by atoms with Crippen molar-refractivity contribution in [3.8, 4) is 5.88 Å². The first kappa shape index (κ1) is 43.4. The Kier molecular flexibility index (Phi) is 12.4. The molecule has 2 aromatic carbocycles. The largest absolute Gasteiger partial charge is 0.474 e. The van der Waals surface area contributed by atoms with Gasteiger partial charge in [-0.15, -0.1) is 0 Å². The zero-order valence-electron chi connectivity index (χ0n) is 38.0. The first-order chi connectivity index (χ1) is 30.9. The topological polar surface area (TPSA) is 144 Å². The number of nitrogens with zero attached hydrogens (tertiary/aromatic N) is 6. The number of anilines is 6. The highest BCUT2D eigenvalue weighted by molar-refractivity contribution is 6.01. The standard InChI is InChI=1S/C50H63N9O5/c1-6-33-29-36-19-24-58(43-30-51-48-45(32(43)2)59(27-28-63-48)49(62)64-50(3,4)5)31-42(36)54-46(33)53-38-11-13-39(14-12-38)57-25-20-40(21-26-57)56-22-17-35(18-23-56)34-7-9-37(10-8-34)52-41-15-16-44(60)55-47(41)61/h7-14,29-30,35,40-41,52H,6,15-28,31H2,1-5H3,(H,53,54)(H,55,60,61). The van der Waals surface area contributed by atoms with E-state index in [2.05, 4.69) is 97.2 Å². The minimum atomic E-state index is -0.610. The van der Waals surface area contributed by atoms with Crippen LogP contribution in [0.3, 0.4) is 0 Å². The van der Waals surface area contributed by atoms with E-state index in [1.807, 2.05) is 33.9 Å². The van der Waals surface area contributed by atoms with Gasteiger partial charge in [-0.25, -0.2) is 14.8 Å². The number of fused-ring (bicyclic) bond motifs is 2. The molecule has 4 aromatic rings. The first-order valence-corrected chi connectivity index (χ1v) is 23.3. The van der Waals surface area contributed by atoms with Crippen LogP contribution in [-0.2, 0) is 33.7 Å². The molecule has 3 fully saturated rings. The summed E-state index contributed by atoms with van der Waals surface area (Å²) in [6, 6.07) is 19.9. The van der Waals surface area contributed by atoms with E-state index in [0.717, 1.165) is 105 Å². The number of likely N-dealkylation sites (tertiary alicyclic amines) is 1. The Morgan fingerprint density at radius 1 is 0.891 bits per heavy atom. The molecule has 0 saturated carbocycles. The molecule has 3 amide bonds. The normalized spacial score (nSPS) is 20.0. The van der Waals surface area contributed by atoms with Gasteiger partial charge in [0.15, 0.2) is 0 Å². The van der Waals surface area contributed by atoms with Crippen LogP contribution >= 0.6 is 0 Å². The highest BCUT2D eigenvalue weighted by Crippen LogP contribution is 2.40. The third-order valence-corrected chi connectivity index (χ3v) is 13.6. The average molecular weight is 870 g/mol. The van der Waals surface area contributed by atoms with Crippen LogP contribution in [0.25, 0.3) is 0 Å². The van der Waals surface area contributed by atoms with E-state index in [4.69, 9.17) is 14.5 Å². The number of imide groups is 1. The van der Waals surface area contributed by atoms with Crippen molar-refractivity contribution in [1.82, 2.24) is 20.2 Å². The van der Waals surface area contributed by atoms with Crippen LogP contribution in [0.4, 0.5) is 39.0 Å². The summed E-state index contributed by atoms with van der Waals surface area (Å²) in [4.78, 5) is 56.1. The Labute approximate surface area is 377 Å². The van der Waals surface area contributed by atoms with E-state index in [1.165, 1.54) is 22.4 Å². The molecule has 1 unspecified atom stereocenters.